The molecule has 0 aliphatic rings. The van der Waals surface area contributed by atoms with E-state index >= 15 is 0 Å². The zero-order valence-corrected chi connectivity index (χ0v) is 50.4. The lowest BCUT2D eigenvalue weighted by atomic mass is 10.0. The fraction of sp³-hybridized carbons (Fsp3) is 0.561. The van der Waals surface area contributed by atoms with Crippen LogP contribution in [0.15, 0.2) is 0 Å². The van der Waals surface area contributed by atoms with Crippen LogP contribution in [0.2, 0.25) is 0 Å². The van der Waals surface area contributed by atoms with Crippen molar-refractivity contribution >= 4 is 182 Å². The van der Waals surface area contributed by atoms with Gasteiger partial charge in [-0.2, -0.15) is 0 Å². The lowest BCUT2D eigenvalue weighted by Gasteiger charge is -2.33. The Balaban J connectivity index is 2.85. The number of anilines is 2. The van der Waals surface area contributed by atoms with Crippen LogP contribution in [0.4, 0.5) is 11.4 Å². The number of rotatable bonds is 28. The highest BCUT2D eigenvalue weighted by Gasteiger charge is 2.37. The van der Waals surface area contributed by atoms with Crippen LogP contribution in [-0.2, 0) is 9.59 Å². The second-order valence-electron chi connectivity index (χ2n) is 14.8. The molecule has 6 amide bonds. The molecule has 2 aromatic carbocycles. The number of carbonyl (C=O) groups is 6. The Morgan fingerprint density at radius 2 is 0.565 bits per heavy atom. The minimum Gasteiger partial charge on any atom is -0.395 e. The summed E-state index contributed by atoms with van der Waals surface area (Å²) in [6.07, 6.45) is -3.63. The fourth-order valence-corrected chi connectivity index (χ4v) is 16.4. The number of carbonyl (C=O) groups excluding carboxylic acids is 6. The number of hydrogen-bond donors (Lipinski definition) is 10. The molecule has 0 saturated carbocycles. The molecule has 10 N–H and O–H groups in total. The van der Waals surface area contributed by atoms with Gasteiger partial charge in [0.2, 0.25) is 11.8 Å². The highest BCUT2D eigenvalue weighted by molar-refractivity contribution is 14.1. The van der Waals surface area contributed by atoms with Crippen LogP contribution in [0.3, 0.4) is 0 Å². The average Bonchev–Trinajstić information content (AvgIpc) is 3.27. The van der Waals surface area contributed by atoms with Crippen LogP contribution in [0.1, 0.15) is 61.7 Å². The van der Waals surface area contributed by atoms with Gasteiger partial charge in [0.1, 0.15) is 0 Å². The van der Waals surface area contributed by atoms with E-state index in [9.17, 15) is 79.8 Å². The van der Waals surface area contributed by atoms with Gasteiger partial charge in [0.05, 0.1) is 126 Å². The molecular weight excluding hydrogens is 1590 g/mol. The topological polar surface area (TPSA) is 324 Å². The van der Waals surface area contributed by atoms with Gasteiger partial charge < -0.3 is 80.5 Å². The third-order valence-electron chi connectivity index (χ3n) is 10.2. The third-order valence-corrected chi connectivity index (χ3v) is 16.5. The lowest BCUT2D eigenvalue weighted by molar-refractivity contribution is -0.117. The molecule has 2 aromatic rings. The summed E-state index contributed by atoms with van der Waals surface area (Å²) >= 11 is 10.9. The van der Waals surface area contributed by atoms with Gasteiger partial charge in [0.15, 0.2) is 0 Å². The summed E-state index contributed by atoms with van der Waals surface area (Å²) in [6.45, 7) is -4.11. The lowest BCUT2D eigenvalue weighted by Crippen LogP contribution is -2.44. The van der Waals surface area contributed by atoms with Crippen LogP contribution >= 0.6 is 136 Å². The zero-order valence-electron chi connectivity index (χ0n) is 37.5. The van der Waals surface area contributed by atoms with Crippen molar-refractivity contribution in [3.8, 4) is 0 Å². The second-order valence-corrected chi connectivity index (χ2v) is 21.3. The maximum atomic E-state index is 14.2. The summed E-state index contributed by atoms with van der Waals surface area (Å²) in [5.74, 6) is -4.18. The first-order valence-corrected chi connectivity index (χ1v) is 27.5. The van der Waals surface area contributed by atoms with Crippen LogP contribution in [0, 0.1) is 21.4 Å². The van der Waals surface area contributed by atoms with Crippen molar-refractivity contribution in [3.63, 3.8) is 0 Å². The molecule has 28 heteroatoms. The van der Waals surface area contributed by atoms with E-state index < -0.39 is 120 Å². The predicted octanol–water partition coefficient (Wildman–Crippen LogP) is -0.461. The summed E-state index contributed by atoms with van der Waals surface area (Å²) in [5, 5.41) is 101. The number of nitrogens with zero attached hydrogens (tertiary/aromatic N) is 6. The first-order valence-electron chi connectivity index (χ1n) is 21.0. The largest absolute Gasteiger partial charge is 0.395 e. The highest BCUT2D eigenvalue weighted by Crippen LogP contribution is 2.41. The van der Waals surface area contributed by atoms with E-state index in [4.69, 9.17) is 0 Å². The van der Waals surface area contributed by atoms with Crippen molar-refractivity contribution in [3.05, 3.63) is 43.7 Å². The first-order chi connectivity index (χ1) is 32.6. The Morgan fingerprint density at radius 3 is 0.725 bits per heavy atom. The van der Waals surface area contributed by atoms with E-state index in [1.54, 1.807) is 45.2 Å². The van der Waals surface area contributed by atoms with Crippen LogP contribution < -0.4 is 9.80 Å². The van der Waals surface area contributed by atoms with Gasteiger partial charge >= 0.3 is 0 Å². The molecule has 0 saturated heterocycles. The third kappa shape index (κ3) is 16.6. The molecule has 2 atom stereocenters. The molecule has 388 valence electrons. The van der Waals surface area contributed by atoms with Gasteiger partial charge in [-0.1, -0.05) is 0 Å². The number of halogens is 6. The molecule has 0 radical (unpaired) electrons. The second kappa shape index (κ2) is 31.9. The molecule has 0 aliphatic heterocycles. The summed E-state index contributed by atoms with van der Waals surface area (Å²) in [7, 11) is 0. The highest BCUT2D eigenvalue weighted by atomic mass is 127. The molecule has 0 aromatic heterocycles. The van der Waals surface area contributed by atoms with Crippen molar-refractivity contribution in [1.82, 2.24) is 19.6 Å². The van der Waals surface area contributed by atoms with Crippen LogP contribution in [-0.4, -0.2) is 237 Å². The van der Waals surface area contributed by atoms with E-state index in [-0.39, 0.29) is 107 Å². The van der Waals surface area contributed by atoms with Crippen molar-refractivity contribution in [2.75, 3.05) is 128 Å². The molecule has 69 heavy (non-hydrogen) atoms. The number of hydrogen-bond acceptors (Lipinski definition) is 16. The Kier molecular flexibility index (Phi) is 29.7. The SMILES string of the molecule is CC(=O)N(CC(O)CC(O)CN(C(C)=O)c1c(I)c(C(=O)N(CCO)CCO)c(I)c(C(=O)N(CCO)CCO)c1I)c1c(I)c(C(=O)N(CCO)CCO)c(I)c(C(=O)N(CCO)CCO)c1I. The number of aliphatic hydroxyl groups excluding tert-OH is 10. The van der Waals surface area contributed by atoms with Crippen LogP contribution in [0.25, 0.3) is 0 Å². The van der Waals surface area contributed by atoms with E-state index in [1.807, 2.05) is 90.4 Å². The minimum absolute atomic E-state index is 0.0147. The molecule has 0 aliphatic carbocycles. The zero-order chi connectivity index (χ0) is 52.4. The van der Waals surface area contributed by atoms with E-state index in [1.165, 1.54) is 13.8 Å². The standard InChI is InChI=1S/C41H56I6N6O16/c1-22(62)52(36-32(44)26(38(66)48(3-11-54)4-12-55)30(42)27(33(36)45)39(67)49(5-13-56)6-14-57)20-24(64)19-25(65)21-53(23(2)63)37-34(46)28(40(68)50(7-15-58)8-16-59)31(43)29(35(37)47)41(69)51(9-17-60)10-18-61/h24-25,54-61,64-65H,3-21H2,1-2H3. The van der Waals surface area contributed by atoms with Crippen molar-refractivity contribution in [2.24, 2.45) is 0 Å². The molecule has 0 spiro atoms. The Hall–Kier alpha value is -0.760. The molecule has 2 rings (SSSR count). The van der Waals surface area contributed by atoms with Gasteiger partial charge in [-0.25, -0.2) is 0 Å². The van der Waals surface area contributed by atoms with Crippen LogP contribution in [0.5, 0.6) is 0 Å². The molecule has 2 unspecified atom stereocenters. The monoisotopic (exact) mass is 1650 g/mol. The Labute approximate surface area is 480 Å². The van der Waals surface area contributed by atoms with Gasteiger partial charge in [-0.15, -0.1) is 0 Å². The van der Waals surface area contributed by atoms with Gasteiger partial charge in [-0.05, 0) is 136 Å². The van der Waals surface area contributed by atoms with Gasteiger partial charge in [-0.3, -0.25) is 28.8 Å². The van der Waals surface area contributed by atoms with Gasteiger partial charge in [0, 0.05) is 79.8 Å². The minimum atomic E-state index is -1.57. The summed E-state index contributed by atoms with van der Waals surface area (Å²) in [4.78, 5) is 90.9. The average molecular weight is 1650 g/mol. The summed E-state index contributed by atoms with van der Waals surface area (Å²) in [5.41, 5.74) is -0.279. The Bertz CT molecular complexity index is 1860. The summed E-state index contributed by atoms with van der Waals surface area (Å²) < 4.78 is 0.858. The normalized spacial score (nSPS) is 12.1. The van der Waals surface area contributed by atoms with E-state index in [0.29, 0.717) is 0 Å². The van der Waals surface area contributed by atoms with E-state index in [0.717, 1.165) is 29.4 Å². The van der Waals surface area contributed by atoms with Crippen molar-refractivity contribution in [2.45, 2.75) is 32.5 Å². The quantitative estimate of drug-likeness (QED) is 0.0482. The fourth-order valence-electron chi connectivity index (χ4n) is 7.02. The maximum Gasteiger partial charge on any atom is 0.256 e. The number of aliphatic hydroxyl groups is 10. The summed E-state index contributed by atoms with van der Waals surface area (Å²) in [6, 6.07) is 0. The predicted molar refractivity (Wildman–Crippen MR) is 302 cm³/mol. The Morgan fingerprint density at radius 1 is 0.377 bits per heavy atom. The molecular formula is C41H56I6N6O16. The molecule has 0 heterocycles. The molecule has 0 bridgehead atoms. The maximum absolute atomic E-state index is 14.2. The van der Waals surface area contributed by atoms with Crippen molar-refractivity contribution in [1.29, 1.82) is 0 Å². The molecule has 22 nitrogen and oxygen atoms in total. The molecule has 0 fully saturated rings. The van der Waals surface area contributed by atoms with Crippen molar-refractivity contribution < 1.29 is 79.8 Å². The van der Waals surface area contributed by atoms with E-state index in [2.05, 4.69) is 0 Å². The van der Waals surface area contributed by atoms with Gasteiger partial charge in [0.25, 0.3) is 23.6 Å². The smallest absolute Gasteiger partial charge is 0.256 e. The number of amides is 6. The number of benzene rings is 2. The first kappa shape index (κ1) is 64.4.